The highest BCUT2D eigenvalue weighted by Crippen LogP contribution is 2.24. The molecule has 0 spiro atoms. The molecule has 18 heavy (non-hydrogen) atoms. The second-order valence-corrected chi connectivity index (χ2v) is 4.81. The second-order valence-electron chi connectivity index (χ2n) is 4.81. The minimum atomic E-state index is -0.430. The molecule has 0 aliphatic heterocycles. The Balaban J connectivity index is 2.38. The van der Waals surface area contributed by atoms with Crippen molar-refractivity contribution in [3.8, 4) is 5.75 Å². The lowest BCUT2D eigenvalue weighted by molar-refractivity contribution is 0.227. The van der Waals surface area contributed by atoms with Crippen molar-refractivity contribution in [2.45, 2.75) is 32.7 Å². The predicted molar refractivity (Wildman–Crippen MR) is 70.0 cm³/mol. The molecule has 0 fully saturated rings. The third-order valence-corrected chi connectivity index (χ3v) is 3.09. The van der Waals surface area contributed by atoms with Gasteiger partial charge in [-0.15, -0.1) is 0 Å². The number of phenols is 1. The van der Waals surface area contributed by atoms with Crippen LogP contribution >= 0.6 is 0 Å². The standard InChI is InChI=1S/C14H22FNO2/c1-10(9-17)4-3-7-16-11(2)13-6-5-12(15)8-14(13)18/h5-6,8,10-11,16-18H,3-4,7,9H2,1-2H3. The molecule has 2 unspecified atom stereocenters. The van der Waals surface area contributed by atoms with Crippen molar-refractivity contribution in [1.82, 2.24) is 5.32 Å². The van der Waals surface area contributed by atoms with E-state index in [2.05, 4.69) is 5.32 Å². The smallest absolute Gasteiger partial charge is 0.126 e. The van der Waals surface area contributed by atoms with Crippen LogP contribution in [0.2, 0.25) is 0 Å². The largest absolute Gasteiger partial charge is 0.508 e. The molecule has 1 aromatic rings. The van der Waals surface area contributed by atoms with Crippen LogP contribution < -0.4 is 5.32 Å². The summed E-state index contributed by atoms with van der Waals surface area (Å²) in [6.45, 7) is 4.97. The molecule has 1 rings (SSSR count). The van der Waals surface area contributed by atoms with E-state index in [9.17, 15) is 9.50 Å². The summed E-state index contributed by atoms with van der Waals surface area (Å²) in [6.07, 6.45) is 1.93. The number of phenolic OH excluding ortho intramolecular Hbond substituents is 1. The summed E-state index contributed by atoms with van der Waals surface area (Å²) in [7, 11) is 0. The quantitative estimate of drug-likeness (QED) is 0.656. The number of aliphatic hydroxyl groups is 1. The number of rotatable bonds is 7. The third-order valence-electron chi connectivity index (χ3n) is 3.09. The highest BCUT2D eigenvalue weighted by molar-refractivity contribution is 5.34. The van der Waals surface area contributed by atoms with E-state index in [-0.39, 0.29) is 18.4 Å². The van der Waals surface area contributed by atoms with Gasteiger partial charge in [0.25, 0.3) is 0 Å². The molecule has 3 N–H and O–H groups in total. The molecular formula is C14H22FNO2. The van der Waals surface area contributed by atoms with Crippen LogP contribution in [-0.2, 0) is 0 Å². The molecule has 0 aromatic heterocycles. The number of aromatic hydroxyl groups is 1. The first-order valence-corrected chi connectivity index (χ1v) is 6.37. The molecule has 0 radical (unpaired) electrons. The summed E-state index contributed by atoms with van der Waals surface area (Å²) in [5, 5.41) is 21.8. The highest BCUT2D eigenvalue weighted by atomic mass is 19.1. The van der Waals surface area contributed by atoms with Crippen LogP contribution in [0.1, 0.15) is 38.3 Å². The van der Waals surface area contributed by atoms with E-state index in [1.165, 1.54) is 6.07 Å². The molecule has 0 saturated heterocycles. The average Bonchev–Trinajstić information content (AvgIpc) is 2.34. The van der Waals surface area contributed by atoms with Crippen LogP contribution in [0.15, 0.2) is 18.2 Å². The average molecular weight is 255 g/mol. The Kier molecular flexibility index (Phi) is 6.09. The van der Waals surface area contributed by atoms with Crippen molar-refractivity contribution in [3.63, 3.8) is 0 Å². The number of nitrogens with one attached hydrogen (secondary N) is 1. The number of hydrogen-bond donors (Lipinski definition) is 3. The molecule has 4 heteroatoms. The minimum absolute atomic E-state index is 0.0151. The fraction of sp³-hybridized carbons (Fsp3) is 0.571. The van der Waals surface area contributed by atoms with E-state index in [0.717, 1.165) is 25.5 Å². The van der Waals surface area contributed by atoms with E-state index in [0.29, 0.717) is 11.5 Å². The number of benzene rings is 1. The number of hydrogen-bond acceptors (Lipinski definition) is 3. The molecule has 3 nitrogen and oxygen atoms in total. The number of aliphatic hydroxyl groups excluding tert-OH is 1. The van der Waals surface area contributed by atoms with Gasteiger partial charge < -0.3 is 15.5 Å². The Labute approximate surface area is 108 Å². The van der Waals surface area contributed by atoms with Gasteiger partial charge in [-0.3, -0.25) is 0 Å². The highest BCUT2D eigenvalue weighted by Gasteiger charge is 2.10. The molecule has 1 aromatic carbocycles. The van der Waals surface area contributed by atoms with Gasteiger partial charge in [0.15, 0.2) is 0 Å². The topological polar surface area (TPSA) is 52.5 Å². The van der Waals surface area contributed by atoms with Gasteiger partial charge >= 0.3 is 0 Å². The molecule has 0 amide bonds. The van der Waals surface area contributed by atoms with Crippen molar-refractivity contribution in [2.24, 2.45) is 5.92 Å². The first-order chi connectivity index (χ1) is 8.54. The Morgan fingerprint density at radius 1 is 1.33 bits per heavy atom. The fourth-order valence-electron chi connectivity index (χ4n) is 1.85. The van der Waals surface area contributed by atoms with Crippen LogP contribution in [-0.4, -0.2) is 23.4 Å². The van der Waals surface area contributed by atoms with Crippen LogP contribution in [0.25, 0.3) is 0 Å². The van der Waals surface area contributed by atoms with Crippen LogP contribution in [0.5, 0.6) is 5.75 Å². The predicted octanol–water partition coefficient (Wildman–Crippen LogP) is 2.59. The van der Waals surface area contributed by atoms with E-state index in [1.54, 1.807) is 6.07 Å². The SMILES string of the molecule is CC(CO)CCCNC(C)c1ccc(F)cc1O. The summed E-state index contributed by atoms with van der Waals surface area (Å²) < 4.78 is 12.8. The maximum Gasteiger partial charge on any atom is 0.126 e. The van der Waals surface area contributed by atoms with Gasteiger partial charge in [0.2, 0.25) is 0 Å². The molecule has 102 valence electrons. The maximum absolute atomic E-state index is 12.8. The van der Waals surface area contributed by atoms with Gasteiger partial charge in [0, 0.05) is 24.3 Å². The van der Waals surface area contributed by atoms with Crippen LogP contribution in [0.3, 0.4) is 0 Å². The molecule has 0 bridgehead atoms. The molecular weight excluding hydrogens is 233 g/mol. The Morgan fingerprint density at radius 2 is 2.06 bits per heavy atom. The summed E-state index contributed by atoms with van der Waals surface area (Å²) in [5.74, 6) is -0.125. The van der Waals surface area contributed by atoms with Gasteiger partial charge in [-0.25, -0.2) is 4.39 Å². The Morgan fingerprint density at radius 3 is 2.67 bits per heavy atom. The number of halogens is 1. The minimum Gasteiger partial charge on any atom is -0.508 e. The lowest BCUT2D eigenvalue weighted by atomic mass is 10.1. The first-order valence-electron chi connectivity index (χ1n) is 6.37. The summed E-state index contributed by atoms with van der Waals surface area (Å²) in [4.78, 5) is 0. The Hall–Kier alpha value is -1.13. The fourth-order valence-corrected chi connectivity index (χ4v) is 1.85. The lowest BCUT2D eigenvalue weighted by Gasteiger charge is -2.16. The van der Waals surface area contributed by atoms with Gasteiger partial charge in [-0.1, -0.05) is 13.0 Å². The molecule has 2 atom stereocenters. The van der Waals surface area contributed by atoms with Crippen molar-refractivity contribution in [2.75, 3.05) is 13.2 Å². The molecule has 0 aliphatic rings. The third kappa shape index (κ3) is 4.63. The van der Waals surface area contributed by atoms with Crippen molar-refractivity contribution in [1.29, 1.82) is 0 Å². The normalized spacial score (nSPS) is 14.4. The van der Waals surface area contributed by atoms with E-state index in [4.69, 9.17) is 5.11 Å². The zero-order valence-corrected chi connectivity index (χ0v) is 11.0. The molecule has 0 saturated carbocycles. The molecule has 0 heterocycles. The van der Waals surface area contributed by atoms with Crippen LogP contribution in [0, 0.1) is 11.7 Å². The summed E-state index contributed by atoms with van der Waals surface area (Å²) >= 11 is 0. The molecule has 0 aliphatic carbocycles. The lowest BCUT2D eigenvalue weighted by Crippen LogP contribution is -2.20. The van der Waals surface area contributed by atoms with Gasteiger partial charge in [0.05, 0.1) is 0 Å². The van der Waals surface area contributed by atoms with Crippen molar-refractivity contribution >= 4 is 0 Å². The maximum atomic E-state index is 12.8. The Bertz CT molecular complexity index is 371. The van der Waals surface area contributed by atoms with Gasteiger partial charge in [-0.05, 0) is 38.3 Å². The zero-order chi connectivity index (χ0) is 13.5. The van der Waals surface area contributed by atoms with Crippen molar-refractivity contribution in [3.05, 3.63) is 29.6 Å². The zero-order valence-electron chi connectivity index (χ0n) is 11.0. The van der Waals surface area contributed by atoms with Gasteiger partial charge in [-0.2, -0.15) is 0 Å². The summed E-state index contributed by atoms with van der Waals surface area (Å²) in [5.41, 5.74) is 0.701. The summed E-state index contributed by atoms with van der Waals surface area (Å²) in [6, 6.07) is 4.05. The van der Waals surface area contributed by atoms with Crippen molar-refractivity contribution < 1.29 is 14.6 Å². The van der Waals surface area contributed by atoms with E-state index in [1.807, 2.05) is 13.8 Å². The monoisotopic (exact) mass is 255 g/mol. The van der Waals surface area contributed by atoms with E-state index >= 15 is 0 Å². The van der Waals surface area contributed by atoms with Crippen LogP contribution in [0.4, 0.5) is 4.39 Å². The van der Waals surface area contributed by atoms with Gasteiger partial charge in [0.1, 0.15) is 11.6 Å². The second kappa shape index (κ2) is 7.34. The first kappa shape index (κ1) is 14.9. The van der Waals surface area contributed by atoms with E-state index < -0.39 is 5.82 Å².